The highest BCUT2D eigenvalue weighted by molar-refractivity contribution is 5.33. The van der Waals surface area contributed by atoms with Crippen LogP contribution in [0.5, 0.6) is 0 Å². The lowest BCUT2D eigenvalue weighted by Gasteiger charge is -2.49. The number of likely N-dealkylation sites (N-methyl/N-ethyl adjacent to an activating group) is 1. The van der Waals surface area contributed by atoms with E-state index in [1.165, 1.54) is 24.0 Å². The summed E-state index contributed by atoms with van der Waals surface area (Å²) in [7, 11) is 0. The highest BCUT2D eigenvalue weighted by atomic mass is 14.9. The third-order valence-corrected chi connectivity index (χ3v) is 4.81. The summed E-state index contributed by atoms with van der Waals surface area (Å²) < 4.78 is 0. The van der Waals surface area contributed by atoms with Crippen molar-refractivity contribution in [2.45, 2.75) is 51.9 Å². The maximum absolute atomic E-state index is 3.56. The van der Waals surface area contributed by atoms with Gasteiger partial charge in [0.2, 0.25) is 0 Å². The zero-order chi connectivity index (χ0) is 13.2. The number of hydrogen-bond acceptors (Lipinski definition) is 1. The molecule has 1 aliphatic carbocycles. The minimum Gasteiger partial charge on any atom is -0.316 e. The quantitative estimate of drug-likeness (QED) is 0.824. The van der Waals surface area contributed by atoms with E-state index in [-0.39, 0.29) is 0 Å². The Morgan fingerprint density at radius 1 is 1.28 bits per heavy atom. The first-order valence-corrected chi connectivity index (χ1v) is 7.41. The third-order valence-electron chi connectivity index (χ3n) is 4.81. The number of nitrogens with one attached hydrogen (secondary N) is 1. The lowest BCUT2D eigenvalue weighted by molar-refractivity contribution is 0.135. The van der Waals surface area contributed by atoms with E-state index in [0.717, 1.165) is 19.0 Å². The van der Waals surface area contributed by atoms with Crippen molar-refractivity contribution < 1.29 is 0 Å². The molecule has 1 aliphatic rings. The molecular formula is C17H27N. The summed E-state index contributed by atoms with van der Waals surface area (Å²) in [5, 5.41) is 3.56. The molecule has 1 aromatic rings. The van der Waals surface area contributed by atoms with Crippen molar-refractivity contribution in [3.63, 3.8) is 0 Å². The van der Waals surface area contributed by atoms with Gasteiger partial charge in [-0.1, -0.05) is 52.0 Å². The first kappa shape index (κ1) is 13.6. The Balaban J connectivity index is 2.21. The van der Waals surface area contributed by atoms with Crippen LogP contribution >= 0.6 is 0 Å². The Morgan fingerprint density at radius 3 is 2.33 bits per heavy atom. The van der Waals surface area contributed by atoms with Crippen molar-refractivity contribution in [3.05, 3.63) is 35.4 Å². The Hall–Kier alpha value is -0.820. The molecule has 1 fully saturated rings. The second-order valence-electron chi connectivity index (χ2n) is 6.15. The Morgan fingerprint density at radius 2 is 1.94 bits per heavy atom. The van der Waals surface area contributed by atoms with Crippen LogP contribution in [0.2, 0.25) is 0 Å². The minimum atomic E-state index is 0.394. The van der Waals surface area contributed by atoms with E-state index in [1.54, 1.807) is 0 Å². The van der Waals surface area contributed by atoms with Crippen LogP contribution in [0.25, 0.3) is 0 Å². The first-order valence-electron chi connectivity index (χ1n) is 7.41. The van der Waals surface area contributed by atoms with Gasteiger partial charge in [-0.05, 0) is 42.3 Å². The molecule has 0 spiro atoms. The zero-order valence-electron chi connectivity index (χ0n) is 12.3. The molecule has 2 unspecified atom stereocenters. The fourth-order valence-electron chi connectivity index (χ4n) is 3.12. The van der Waals surface area contributed by atoms with Crippen molar-refractivity contribution in [3.8, 4) is 0 Å². The molecule has 0 amide bonds. The smallest absolute Gasteiger partial charge is 0.0103 e. The normalized spacial score (nSPS) is 27.3. The predicted molar refractivity (Wildman–Crippen MR) is 79.2 cm³/mol. The molecule has 1 nitrogen and oxygen atoms in total. The van der Waals surface area contributed by atoms with Gasteiger partial charge in [0.25, 0.3) is 0 Å². The fraction of sp³-hybridized carbons (Fsp3) is 0.647. The highest BCUT2D eigenvalue weighted by Gasteiger charge is 2.44. The van der Waals surface area contributed by atoms with Crippen LogP contribution in [0.4, 0.5) is 0 Å². The second-order valence-corrected chi connectivity index (χ2v) is 6.15. The largest absolute Gasteiger partial charge is 0.316 e. The fourth-order valence-corrected chi connectivity index (χ4v) is 3.12. The predicted octanol–water partition coefficient (Wildman–Crippen LogP) is 4.09. The van der Waals surface area contributed by atoms with Gasteiger partial charge < -0.3 is 5.32 Å². The van der Waals surface area contributed by atoms with Crippen LogP contribution in [0.15, 0.2) is 24.3 Å². The van der Waals surface area contributed by atoms with Crippen LogP contribution < -0.4 is 5.32 Å². The Bertz CT molecular complexity index is 379. The molecule has 18 heavy (non-hydrogen) atoms. The highest BCUT2D eigenvalue weighted by Crippen LogP contribution is 2.48. The van der Waals surface area contributed by atoms with E-state index < -0.39 is 0 Å². The summed E-state index contributed by atoms with van der Waals surface area (Å²) in [4.78, 5) is 0. The van der Waals surface area contributed by atoms with Crippen LogP contribution in [0.3, 0.4) is 0 Å². The molecular weight excluding hydrogens is 218 g/mol. The van der Waals surface area contributed by atoms with Gasteiger partial charge >= 0.3 is 0 Å². The number of benzene rings is 1. The maximum Gasteiger partial charge on any atom is 0.0103 e. The Labute approximate surface area is 112 Å². The number of hydrogen-bond donors (Lipinski definition) is 1. The SMILES string of the molecule is CCNCC1(c2ccc(C(C)C)cc2)CCC1C. The lowest BCUT2D eigenvalue weighted by atomic mass is 9.57. The van der Waals surface area contributed by atoms with Crippen molar-refractivity contribution >= 4 is 0 Å². The van der Waals surface area contributed by atoms with Crippen LogP contribution in [0, 0.1) is 5.92 Å². The topological polar surface area (TPSA) is 12.0 Å². The molecule has 0 radical (unpaired) electrons. The third kappa shape index (κ3) is 2.33. The average molecular weight is 245 g/mol. The van der Waals surface area contributed by atoms with Crippen molar-refractivity contribution in [2.24, 2.45) is 5.92 Å². The van der Waals surface area contributed by atoms with Crippen molar-refractivity contribution in [1.29, 1.82) is 0 Å². The van der Waals surface area contributed by atoms with Crippen LogP contribution in [-0.4, -0.2) is 13.1 Å². The van der Waals surface area contributed by atoms with E-state index in [2.05, 4.69) is 57.3 Å². The summed E-state index contributed by atoms with van der Waals surface area (Å²) in [6, 6.07) is 9.36. The van der Waals surface area contributed by atoms with E-state index in [0.29, 0.717) is 11.3 Å². The lowest BCUT2D eigenvalue weighted by Crippen LogP contribution is -2.50. The van der Waals surface area contributed by atoms with Gasteiger partial charge in [-0.15, -0.1) is 0 Å². The van der Waals surface area contributed by atoms with Crippen molar-refractivity contribution in [2.75, 3.05) is 13.1 Å². The van der Waals surface area contributed by atoms with Gasteiger partial charge in [-0.25, -0.2) is 0 Å². The van der Waals surface area contributed by atoms with Crippen LogP contribution in [-0.2, 0) is 5.41 Å². The molecule has 1 heteroatoms. The van der Waals surface area contributed by atoms with Crippen LogP contribution in [0.1, 0.15) is 57.6 Å². The first-order chi connectivity index (χ1) is 8.60. The zero-order valence-corrected chi connectivity index (χ0v) is 12.3. The summed E-state index contributed by atoms with van der Waals surface area (Å²) in [5.41, 5.74) is 3.38. The molecule has 1 saturated carbocycles. The van der Waals surface area contributed by atoms with E-state index in [9.17, 15) is 0 Å². The molecule has 2 rings (SSSR count). The van der Waals surface area contributed by atoms with Gasteiger partial charge in [0.05, 0.1) is 0 Å². The minimum absolute atomic E-state index is 0.394. The van der Waals surface area contributed by atoms with Gasteiger partial charge in [0.1, 0.15) is 0 Å². The van der Waals surface area contributed by atoms with Gasteiger partial charge in [-0.2, -0.15) is 0 Å². The molecule has 100 valence electrons. The number of rotatable bonds is 5. The standard InChI is InChI=1S/C17H27N/c1-5-18-12-17(11-10-14(17)4)16-8-6-15(7-9-16)13(2)3/h6-9,13-14,18H,5,10-12H2,1-4H3. The monoisotopic (exact) mass is 245 g/mol. The van der Waals surface area contributed by atoms with E-state index in [4.69, 9.17) is 0 Å². The molecule has 0 aliphatic heterocycles. The molecule has 1 N–H and O–H groups in total. The maximum atomic E-state index is 3.56. The van der Waals surface area contributed by atoms with Gasteiger partial charge in [0.15, 0.2) is 0 Å². The molecule has 2 atom stereocenters. The second kappa shape index (κ2) is 5.44. The molecule has 0 heterocycles. The van der Waals surface area contributed by atoms with Crippen molar-refractivity contribution in [1.82, 2.24) is 5.32 Å². The summed E-state index contributed by atoms with van der Waals surface area (Å²) in [6.45, 7) is 11.3. The molecule has 0 aromatic heterocycles. The summed E-state index contributed by atoms with van der Waals surface area (Å²) >= 11 is 0. The molecule has 0 saturated heterocycles. The summed E-state index contributed by atoms with van der Waals surface area (Å²) in [6.07, 6.45) is 2.71. The van der Waals surface area contributed by atoms with E-state index in [1.807, 2.05) is 0 Å². The average Bonchev–Trinajstić information content (AvgIpc) is 2.38. The van der Waals surface area contributed by atoms with E-state index >= 15 is 0 Å². The molecule has 1 aromatic carbocycles. The van der Waals surface area contributed by atoms with Gasteiger partial charge in [-0.3, -0.25) is 0 Å². The van der Waals surface area contributed by atoms with Gasteiger partial charge in [0, 0.05) is 12.0 Å². The molecule has 0 bridgehead atoms. The summed E-state index contributed by atoms with van der Waals surface area (Å²) in [5.74, 6) is 1.43. The Kier molecular flexibility index (Phi) is 4.11.